The molecular formula is C28H32N4O2. The van der Waals surface area contributed by atoms with Gasteiger partial charge in [0.05, 0.1) is 12.0 Å². The molecule has 0 saturated carbocycles. The number of hydrogen-bond acceptors (Lipinski definition) is 3. The molecule has 6 nitrogen and oxygen atoms in total. The van der Waals surface area contributed by atoms with Gasteiger partial charge in [-0.3, -0.25) is 4.79 Å². The van der Waals surface area contributed by atoms with Crippen LogP contribution in [0.2, 0.25) is 0 Å². The standard InChI is InChI=1S/C28H32N4O2/c1-31(2)25-16-14-24(15-17-25)30-27(33)23-13-18-26(22-11-7-4-8-12-22)32(20-23)28(34)29-19-21-9-5-3-6-10-21/h3-12,14-17,23,26H,13,18-20H2,1-2H3,(H,29,34)(H,30,33)/t23-,26+/m1/s1. The molecule has 1 fully saturated rings. The second-order valence-corrected chi connectivity index (χ2v) is 8.93. The monoisotopic (exact) mass is 456 g/mol. The Morgan fingerprint density at radius 1 is 0.882 bits per heavy atom. The van der Waals surface area contributed by atoms with E-state index in [2.05, 4.69) is 22.8 Å². The van der Waals surface area contributed by atoms with Crippen LogP contribution < -0.4 is 15.5 Å². The zero-order valence-corrected chi connectivity index (χ0v) is 19.8. The quantitative estimate of drug-likeness (QED) is 0.545. The summed E-state index contributed by atoms with van der Waals surface area (Å²) >= 11 is 0. The number of likely N-dealkylation sites (tertiary alicyclic amines) is 1. The molecule has 0 radical (unpaired) electrons. The number of benzene rings is 3. The molecule has 0 aromatic heterocycles. The topological polar surface area (TPSA) is 64.7 Å². The van der Waals surface area contributed by atoms with Crippen LogP contribution in [0.1, 0.15) is 30.0 Å². The first-order chi connectivity index (χ1) is 16.5. The molecular weight excluding hydrogens is 424 g/mol. The second kappa shape index (κ2) is 10.9. The van der Waals surface area contributed by atoms with E-state index in [0.29, 0.717) is 13.1 Å². The average molecular weight is 457 g/mol. The summed E-state index contributed by atoms with van der Waals surface area (Å²) < 4.78 is 0. The zero-order chi connectivity index (χ0) is 23.9. The Balaban J connectivity index is 1.46. The van der Waals surface area contributed by atoms with Crippen molar-refractivity contribution >= 4 is 23.3 Å². The van der Waals surface area contributed by atoms with Gasteiger partial charge in [0.15, 0.2) is 0 Å². The summed E-state index contributed by atoms with van der Waals surface area (Å²) in [7, 11) is 3.96. The van der Waals surface area contributed by atoms with Gasteiger partial charge in [-0.05, 0) is 48.2 Å². The number of anilines is 2. The minimum atomic E-state index is -0.268. The van der Waals surface area contributed by atoms with Crippen molar-refractivity contribution in [3.63, 3.8) is 0 Å². The molecule has 1 saturated heterocycles. The van der Waals surface area contributed by atoms with E-state index in [1.54, 1.807) is 0 Å². The van der Waals surface area contributed by atoms with Crippen LogP contribution >= 0.6 is 0 Å². The van der Waals surface area contributed by atoms with Crippen LogP contribution in [0.25, 0.3) is 0 Å². The summed E-state index contributed by atoms with van der Waals surface area (Å²) in [6.45, 7) is 0.828. The summed E-state index contributed by atoms with van der Waals surface area (Å²) in [4.78, 5) is 30.2. The fraction of sp³-hybridized carbons (Fsp3) is 0.286. The van der Waals surface area contributed by atoms with Gasteiger partial charge in [0.1, 0.15) is 0 Å². The van der Waals surface area contributed by atoms with Gasteiger partial charge in [-0.2, -0.15) is 0 Å². The van der Waals surface area contributed by atoms with E-state index in [4.69, 9.17) is 0 Å². The van der Waals surface area contributed by atoms with Crippen molar-refractivity contribution in [1.29, 1.82) is 0 Å². The molecule has 34 heavy (non-hydrogen) atoms. The van der Waals surface area contributed by atoms with Crippen molar-refractivity contribution in [2.24, 2.45) is 5.92 Å². The maximum atomic E-state index is 13.3. The number of carbonyl (C=O) groups is 2. The molecule has 0 aliphatic carbocycles. The Hall–Kier alpha value is -3.80. The normalized spacial score (nSPS) is 17.6. The molecule has 0 spiro atoms. The van der Waals surface area contributed by atoms with Crippen LogP contribution in [0.3, 0.4) is 0 Å². The van der Waals surface area contributed by atoms with E-state index in [0.717, 1.165) is 35.3 Å². The lowest BCUT2D eigenvalue weighted by Gasteiger charge is -2.39. The number of carbonyl (C=O) groups excluding carboxylic acids is 2. The third-order valence-electron chi connectivity index (χ3n) is 6.34. The summed E-state index contributed by atoms with van der Waals surface area (Å²) in [5.74, 6) is -0.319. The van der Waals surface area contributed by atoms with Gasteiger partial charge in [0, 0.05) is 38.6 Å². The molecule has 0 unspecified atom stereocenters. The summed E-state index contributed by atoms with van der Waals surface area (Å²) in [6.07, 6.45) is 1.46. The lowest BCUT2D eigenvalue weighted by molar-refractivity contribution is -0.121. The molecule has 3 amide bonds. The molecule has 3 aromatic carbocycles. The third-order valence-corrected chi connectivity index (χ3v) is 6.34. The zero-order valence-electron chi connectivity index (χ0n) is 19.8. The Kier molecular flexibility index (Phi) is 7.48. The molecule has 1 heterocycles. The summed E-state index contributed by atoms with van der Waals surface area (Å²) in [5.41, 5.74) is 3.97. The van der Waals surface area contributed by atoms with E-state index in [-0.39, 0.29) is 23.9 Å². The second-order valence-electron chi connectivity index (χ2n) is 8.93. The lowest BCUT2D eigenvalue weighted by Crippen LogP contribution is -2.49. The van der Waals surface area contributed by atoms with E-state index >= 15 is 0 Å². The van der Waals surface area contributed by atoms with Crippen LogP contribution in [-0.2, 0) is 11.3 Å². The fourth-order valence-electron chi connectivity index (χ4n) is 4.39. The van der Waals surface area contributed by atoms with Gasteiger partial charge in [-0.1, -0.05) is 60.7 Å². The van der Waals surface area contributed by atoms with Crippen molar-refractivity contribution in [2.75, 3.05) is 30.9 Å². The van der Waals surface area contributed by atoms with Crippen LogP contribution in [0, 0.1) is 5.92 Å². The van der Waals surface area contributed by atoms with Crippen LogP contribution in [0.4, 0.5) is 16.2 Å². The van der Waals surface area contributed by atoms with Gasteiger partial charge < -0.3 is 20.4 Å². The highest BCUT2D eigenvalue weighted by Gasteiger charge is 2.35. The van der Waals surface area contributed by atoms with Gasteiger partial charge in [-0.15, -0.1) is 0 Å². The first-order valence-corrected chi connectivity index (χ1v) is 11.7. The number of amides is 3. The van der Waals surface area contributed by atoms with Crippen LogP contribution in [0.5, 0.6) is 0 Å². The number of urea groups is 1. The predicted octanol–water partition coefficient (Wildman–Crippen LogP) is 5.05. The smallest absolute Gasteiger partial charge is 0.318 e. The molecule has 1 aliphatic rings. The number of rotatable bonds is 6. The average Bonchev–Trinajstić information content (AvgIpc) is 2.88. The minimum Gasteiger partial charge on any atom is -0.378 e. The predicted molar refractivity (Wildman–Crippen MR) is 137 cm³/mol. The molecule has 176 valence electrons. The maximum Gasteiger partial charge on any atom is 0.318 e. The molecule has 4 rings (SSSR count). The van der Waals surface area contributed by atoms with E-state index in [1.165, 1.54) is 0 Å². The summed E-state index contributed by atoms with van der Waals surface area (Å²) in [5, 5.41) is 6.08. The van der Waals surface area contributed by atoms with Crippen molar-refractivity contribution in [3.8, 4) is 0 Å². The van der Waals surface area contributed by atoms with Crippen molar-refractivity contribution in [3.05, 3.63) is 96.1 Å². The Morgan fingerprint density at radius 3 is 2.18 bits per heavy atom. The molecule has 2 atom stereocenters. The van der Waals surface area contributed by atoms with Crippen molar-refractivity contribution in [1.82, 2.24) is 10.2 Å². The highest BCUT2D eigenvalue weighted by Crippen LogP contribution is 2.34. The van der Waals surface area contributed by atoms with Crippen molar-refractivity contribution < 1.29 is 9.59 Å². The fourth-order valence-corrected chi connectivity index (χ4v) is 4.39. The highest BCUT2D eigenvalue weighted by atomic mass is 16.2. The number of nitrogens with zero attached hydrogens (tertiary/aromatic N) is 2. The Morgan fingerprint density at radius 2 is 1.53 bits per heavy atom. The van der Waals surface area contributed by atoms with E-state index in [9.17, 15) is 9.59 Å². The Bertz CT molecular complexity index is 1080. The molecule has 0 bridgehead atoms. The molecule has 1 aliphatic heterocycles. The Labute approximate surface area is 201 Å². The third kappa shape index (κ3) is 5.76. The largest absolute Gasteiger partial charge is 0.378 e. The lowest BCUT2D eigenvalue weighted by atomic mass is 9.88. The molecule has 6 heteroatoms. The molecule has 2 N–H and O–H groups in total. The first kappa shape index (κ1) is 23.4. The molecule has 3 aromatic rings. The van der Waals surface area contributed by atoms with E-state index < -0.39 is 0 Å². The summed E-state index contributed by atoms with van der Waals surface area (Å²) in [6, 6.07) is 27.5. The SMILES string of the molecule is CN(C)c1ccc(NC(=O)[C@@H]2CC[C@@H](c3ccccc3)N(C(=O)NCc3ccccc3)C2)cc1. The van der Waals surface area contributed by atoms with E-state index in [1.807, 2.05) is 96.7 Å². The number of hydrogen-bond donors (Lipinski definition) is 2. The maximum absolute atomic E-state index is 13.3. The number of piperidine rings is 1. The minimum absolute atomic E-state index is 0.0509. The van der Waals surface area contributed by atoms with Crippen LogP contribution in [-0.4, -0.2) is 37.5 Å². The van der Waals surface area contributed by atoms with Crippen molar-refractivity contribution in [2.45, 2.75) is 25.4 Å². The van der Waals surface area contributed by atoms with Crippen LogP contribution in [0.15, 0.2) is 84.9 Å². The number of nitrogens with one attached hydrogen (secondary N) is 2. The van der Waals surface area contributed by atoms with Gasteiger partial charge >= 0.3 is 6.03 Å². The first-order valence-electron chi connectivity index (χ1n) is 11.7. The van der Waals surface area contributed by atoms with Gasteiger partial charge in [0.2, 0.25) is 5.91 Å². The van der Waals surface area contributed by atoms with Gasteiger partial charge in [0.25, 0.3) is 0 Å². The highest BCUT2D eigenvalue weighted by molar-refractivity contribution is 5.93. The van der Waals surface area contributed by atoms with Gasteiger partial charge in [-0.25, -0.2) is 4.79 Å².